The Balaban J connectivity index is 3.47. The molecule has 0 aromatic heterocycles. The van der Waals surface area contributed by atoms with Crippen LogP contribution in [0.4, 0.5) is 0 Å². The zero-order valence-corrected chi connectivity index (χ0v) is 7.42. The van der Waals surface area contributed by atoms with Gasteiger partial charge in [-0.25, -0.2) is 4.79 Å². The van der Waals surface area contributed by atoms with Gasteiger partial charge in [0, 0.05) is 0 Å². The van der Waals surface area contributed by atoms with Crippen molar-refractivity contribution in [2.75, 3.05) is 6.61 Å². The van der Waals surface area contributed by atoms with Crippen molar-refractivity contribution in [2.45, 2.75) is 33.6 Å². The Hall–Kier alpha value is -0.570. The molecule has 0 radical (unpaired) electrons. The van der Waals surface area contributed by atoms with Crippen LogP contribution in [0.25, 0.3) is 0 Å². The molecule has 0 saturated heterocycles. The van der Waals surface area contributed by atoms with Crippen LogP contribution in [0.3, 0.4) is 0 Å². The molecule has 1 atom stereocenters. The van der Waals surface area contributed by atoms with Gasteiger partial charge in [-0.05, 0) is 13.3 Å². The van der Waals surface area contributed by atoms with E-state index in [0.29, 0.717) is 6.61 Å². The van der Waals surface area contributed by atoms with Gasteiger partial charge in [0.1, 0.15) is 0 Å². The van der Waals surface area contributed by atoms with Crippen LogP contribution in [0.5, 0.6) is 0 Å². The summed E-state index contributed by atoms with van der Waals surface area (Å²) in [6.07, 6.45) is 1.84. The van der Waals surface area contributed by atoms with Crippen LogP contribution in [-0.4, -0.2) is 12.6 Å². The van der Waals surface area contributed by atoms with Gasteiger partial charge in [-0.1, -0.05) is 20.3 Å². The van der Waals surface area contributed by atoms with E-state index in [9.17, 15) is 4.79 Å². The Kier molecular flexibility index (Phi) is 5.84. The lowest BCUT2D eigenvalue weighted by atomic mass is 10.1. The molecule has 0 aliphatic carbocycles. The lowest BCUT2D eigenvalue weighted by Gasteiger charge is -2.06. The fourth-order valence-corrected chi connectivity index (χ4v) is 0.750. The van der Waals surface area contributed by atoms with Gasteiger partial charge < -0.3 is 0 Å². The molecule has 0 bridgehead atoms. The van der Waals surface area contributed by atoms with Gasteiger partial charge in [0.2, 0.25) is 0 Å². The summed E-state index contributed by atoms with van der Waals surface area (Å²) in [4.78, 5) is 19.9. The fourth-order valence-electron chi connectivity index (χ4n) is 0.750. The molecule has 3 heteroatoms. The number of carbonyl (C=O) groups is 1. The van der Waals surface area contributed by atoms with Crippen molar-refractivity contribution in [3.05, 3.63) is 0 Å². The largest absolute Gasteiger partial charge is 0.345 e. The van der Waals surface area contributed by atoms with E-state index in [1.54, 1.807) is 6.92 Å². The van der Waals surface area contributed by atoms with Crippen LogP contribution >= 0.6 is 0 Å². The summed E-state index contributed by atoms with van der Waals surface area (Å²) in [6, 6.07) is 0. The van der Waals surface area contributed by atoms with Crippen molar-refractivity contribution >= 4 is 5.97 Å². The topological polar surface area (TPSA) is 35.5 Å². The van der Waals surface area contributed by atoms with Crippen LogP contribution in [0.15, 0.2) is 0 Å². The number of hydrogen-bond acceptors (Lipinski definition) is 3. The second-order valence-corrected chi connectivity index (χ2v) is 2.50. The molecular weight excluding hydrogens is 144 g/mol. The zero-order valence-electron chi connectivity index (χ0n) is 7.42. The summed E-state index contributed by atoms with van der Waals surface area (Å²) in [6.45, 7) is 6.05. The Morgan fingerprint density at radius 1 is 1.45 bits per heavy atom. The quantitative estimate of drug-likeness (QED) is 0.455. The van der Waals surface area contributed by atoms with Gasteiger partial charge in [0.15, 0.2) is 0 Å². The number of carbonyl (C=O) groups excluding carboxylic acids is 1. The van der Waals surface area contributed by atoms with Gasteiger partial charge in [0.25, 0.3) is 0 Å². The molecule has 66 valence electrons. The van der Waals surface area contributed by atoms with Gasteiger partial charge in [-0.15, -0.1) is 0 Å². The highest BCUT2D eigenvalue weighted by atomic mass is 17.2. The van der Waals surface area contributed by atoms with Gasteiger partial charge in [0.05, 0.1) is 12.5 Å². The van der Waals surface area contributed by atoms with Crippen molar-refractivity contribution in [3.63, 3.8) is 0 Å². The molecule has 3 nitrogen and oxygen atoms in total. The molecule has 0 N–H and O–H groups in total. The molecule has 11 heavy (non-hydrogen) atoms. The van der Waals surface area contributed by atoms with E-state index in [1.807, 2.05) is 13.8 Å². The minimum absolute atomic E-state index is 0.0495. The lowest BCUT2D eigenvalue weighted by molar-refractivity contribution is -0.273. The summed E-state index contributed by atoms with van der Waals surface area (Å²) in [7, 11) is 0. The third-order valence-electron chi connectivity index (χ3n) is 1.38. The first kappa shape index (κ1) is 10.4. The fraction of sp³-hybridized carbons (Fsp3) is 0.875. The van der Waals surface area contributed by atoms with E-state index in [-0.39, 0.29) is 11.9 Å². The van der Waals surface area contributed by atoms with Gasteiger partial charge >= 0.3 is 5.97 Å². The maximum absolute atomic E-state index is 10.9. The van der Waals surface area contributed by atoms with Crippen LogP contribution < -0.4 is 0 Å². The van der Waals surface area contributed by atoms with E-state index in [4.69, 9.17) is 0 Å². The Labute approximate surface area is 67.6 Å². The standard InChI is InChI=1S/C8H16O3/c1-4-6-7(3)8(9)11-10-5-2/h7H,4-6H2,1-3H3. The Morgan fingerprint density at radius 3 is 2.55 bits per heavy atom. The van der Waals surface area contributed by atoms with E-state index in [0.717, 1.165) is 12.8 Å². The van der Waals surface area contributed by atoms with E-state index in [2.05, 4.69) is 9.78 Å². The molecule has 0 aromatic carbocycles. The molecule has 1 unspecified atom stereocenters. The molecule has 0 aliphatic heterocycles. The van der Waals surface area contributed by atoms with Crippen molar-refractivity contribution in [1.29, 1.82) is 0 Å². The second kappa shape index (κ2) is 6.16. The SMILES string of the molecule is CCCC(C)C(=O)OOCC. The lowest BCUT2D eigenvalue weighted by Crippen LogP contribution is -2.14. The summed E-state index contributed by atoms with van der Waals surface area (Å²) in [5.41, 5.74) is 0. The molecule has 0 amide bonds. The predicted molar refractivity (Wildman–Crippen MR) is 41.8 cm³/mol. The molecular formula is C8H16O3. The summed E-state index contributed by atoms with van der Waals surface area (Å²) < 4.78 is 0. The monoisotopic (exact) mass is 160 g/mol. The third-order valence-corrected chi connectivity index (χ3v) is 1.38. The van der Waals surface area contributed by atoms with Gasteiger partial charge in [-0.2, -0.15) is 4.89 Å². The maximum atomic E-state index is 10.9. The summed E-state index contributed by atoms with van der Waals surface area (Å²) in [5.74, 6) is -0.319. The highest BCUT2D eigenvalue weighted by Gasteiger charge is 2.13. The number of hydrogen-bond donors (Lipinski definition) is 0. The van der Waals surface area contributed by atoms with Crippen LogP contribution in [0, 0.1) is 5.92 Å². The van der Waals surface area contributed by atoms with Gasteiger partial charge in [-0.3, -0.25) is 4.89 Å². The molecule has 0 aliphatic rings. The Bertz CT molecular complexity index is 112. The Morgan fingerprint density at radius 2 is 2.09 bits per heavy atom. The van der Waals surface area contributed by atoms with Crippen molar-refractivity contribution in [1.82, 2.24) is 0 Å². The summed E-state index contributed by atoms with van der Waals surface area (Å²) in [5, 5.41) is 0. The zero-order chi connectivity index (χ0) is 8.69. The van der Waals surface area contributed by atoms with Crippen molar-refractivity contribution < 1.29 is 14.6 Å². The van der Waals surface area contributed by atoms with Crippen LogP contribution in [0.1, 0.15) is 33.6 Å². The van der Waals surface area contributed by atoms with E-state index < -0.39 is 0 Å². The normalized spacial score (nSPS) is 12.6. The minimum atomic E-state index is -0.270. The molecule has 0 heterocycles. The average Bonchev–Trinajstić information content (AvgIpc) is 2.00. The maximum Gasteiger partial charge on any atom is 0.345 e. The second-order valence-electron chi connectivity index (χ2n) is 2.50. The first-order valence-corrected chi connectivity index (χ1v) is 4.05. The summed E-state index contributed by atoms with van der Waals surface area (Å²) >= 11 is 0. The highest BCUT2D eigenvalue weighted by molar-refractivity contribution is 5.71. The van der Waals surface area contributed by atoms with E-state index in [1.165, 1.54) is 0 Å². The third kappa shape index (κ3) is 4.79. The first-order valence-electron chi connectivity index (χ1n) is 4.05. The predicted octanol–water partition coefficient (Wildman–Crippen LogP) is 1.92. The molecule has 0 rings (SSSR count). The first-order chi connectivity index (χ1) is 5.22. The smallest absolute Gasteiger partial charge is 0.298 e. The average molecular weight is 160 g/mol. The van der Waals surface area contributed by atoms with Crippen molar-refractivity contribution in [2.24, 2.45) is 5.92 Å². The molecule has 0 spiro atoms. The van der Waals surface area contributed by atoms with Crippen LogP contribution in [-0.2, 0) is 14.6 Å². The van der Waals surface area contributed by atoms with E-state index >= 15 is 0 Å². The van der Waals surface area contributed by atoms with Crippen LogP contribution in [0.2, 0.25) is 0 Å². The highest BCUT2D eigenvalue weighted by Crippen LogP contribution is 2.06. The molecule has 0 fully saturated rings. The molecule has 0 saturated carbocycles. The molecule has 0 aromatic rings. The minimum Gasteiger partial charge on any atom is -0.298 e. The number of rotatable bonds is 5. The van der Waals surface area contributed by atoms with Crippen molar-refractivity contribution in [3.8, 4) is 0 Å².